The Morgan fingerprint density at radius 1 is 1.11 bits per heavy atom. The maximum atomic E-state index is 11.2. The van der Waals surface area contributed by atoms with E-state index >= 15 is 0 Å². The minimum absolute atomic E-state index is 0.0420. The van der Waals surface area contributed by atoms with E-state index in [1.54, 1.807) is 12.7 Å². The molecule has 1 amide bonds. The number of H-pyrrole nitrogens is 1. The third kappa shape index (κ3) is 5.83. The van der Waals surface area contributed by atoms with Crippen molar-refractivity contribution in [2.24, 2.45) is 0 Å². The van der Waals surface area contributed by atoms with Gasteiger partial charge in [-0.05, 0) is 93.7 Å². The second-order valence-electron chi connectivity index (χ2n) is 9.82. The second kappa shape index (κ2) is 11.1. The van der Waals surface area contributed by atoms with Crippen molar-refractivity contribution in [2.75, 3.05) is 25.0 Å². The summed E-state index contributed by atoms with van der Waals surface area (Å²) in [7, 11) is 0. The first-order valence-corrected chi connectivity index (χ1v) is 12.9. The fourth-order valence-electron chi connectivity index (χ4n) is 5.19. The maximum Gasteiger partial charge on any atom is 0.221 e. The number of hydrogen-bond donors (Lipinski definition) is 3. The number of anilines is 1. The lowest BCUT2D eigenvalue weighted by Crippen LogP contribution is -2.43. The number of likely N-dealkylation sites (tertiary alicyclic amines) is 1. The Balaban J connectivity index is 1.07. The fourth-order valence-corrected chi connectivity index (χ4v) is 5.19. The van der Waals surface area contributed by atoms with Crippen molar-refractivity contribution < 1.29 is 4.79 Å². The maximum absolute atomic E-state index is 11.2. The lowest BCUT2D eigenvalue weighted by Gasteiger charge is -2.34. The summed E-state index contributed by atoms with van der Waals surface area (Å²) in [6.45, 7) is 7.15. The van der Waals surface area contributed by atoms with E-state index in [1.807, 2.05) is 16.7 Å². The van der Waals surface area contributed by atoms with Crippen molar-refractivity contribution >= 4 is 22.5 Å². The summed E-state index contributed by atoms with van der Waals surface area (Å²) in [5, 5.41) is 15.8. The molecule has 0 saturated carbocycles. The van der Waals surface area contributed by atoms with E-state index in [0.29, 0.717) is 6.04 Å². The van der Waals surface area contributed by atoms with Gasteiger partial charge in [0, 0.05) is 47.5 Å². The number of nitrogens with zero attached hydrogens (tertiary/aromatic N) is 4. The third-order valence-electron chi connectivity index (χ3n) is 7.19. The summed E-state index contributed by atoms with van der Waals surface area (Å²) in [5.74, 6) is -0.0420. The molecule has 1 aliphatic heterocycles. The number of benzene rings is 2. The highest BCUT2D eigenvalue weighted by molar-refractivity contribution is 5.88. The monoisotopic (exact) mass is 485 g/mol. The number of amides is 1. The van der Waals surface area contributed by atoms with E-state index in [2.05, 4.69) is 74.2 Å². The van der Waals surface area contributed by atoms with Gasteiger partial charge in [0.05, 0.1) is 0 Å². The molecule has 36 heavy (non-hydrogen) atoms. The Bertz CT molecular complexity index is 1270. The first-order valence-electron chi connectivity index (χ1n) is 12.9. The van der Waals surface area contributed by atoms with Crippen LogP contribution in [0.4, 0.5) is 5.69 Å². The van der Waals surface area contributed by atoms with Gasteiger partial charge in [0.2, 0.25) is 5.91 Å². The van der Waals surface area contributed by atoms with Crippen LogP contribution in [0.15, 0.2) is 61.3 Å². The number of rotatable bonds is 9. The molecule has 0 bridgehead atoms. The number of carbonyl (C=O) groups excluding carboxylic acids is 1. The number of piperidine rings is 1. The molecule has 0 radical (unpaired) electrons. The van der Waals surface area contributed by atoms with Gasteiger partial charge in [-0.15, -0.1) is 10.2 Å². The van der Waals surface area contributed by atoms with Crippen LogP contribution in [0.1, 0.15) is 50.3 Å². The molecule has 0 spiro atoms. The molecule has 1 atom stereocenters. The summed E-state index contributed by atoms with van der Waals surface area (Å²) >= 11 is 0. The summed E-state index contributed by atoms with van der Waals surface area (Å²) in [6.07, 6.45) is 10.2. The molecular weight excluding hydrogens is 450 g/mol. The van der Waals surface area contributed by atoms with Crippen molar-refractivity contribution in [2.45, 2.75) is 51.6 Å². The van der Waals surface area contributed by atoms with Crippen LogP contribution in [0.25, 0.3) is 16.6 Å². The number of fused-ring (bicyclic) bond motifs is 1. The third-order valence-corrected chi connectivity index (χ3v) is 7.19. The van der Waals surface area contributed by atoms with E-state index in [1.165, 1.54) is 41.8 Å². The molecule has 8 heteroatoms. The van der Waals surface area contributed by atoms with Gasteiger partial charge in [0.15, 0.2) is 0 Å². The van der Waals surface area contributed by atoms with Gasteiger partial charge in [0.25, 0.3) is 0 Å². The predicted molar refractivity (Wildman–Crippen MR) is 143 cm³/mol. The molecule has 1 saturated heterocycles. The Labute approximate surface area is 212 Å². The van der Waals surface area contributed by atoms with Gasteiger partial charge in [-0.25, -0.2) is 0 Å². The van der Waals surface area contributed by atoms with Crippen LogP contribution in [-0.4, -0.2) is 56.2 Å². The lowest BCUT2D eigenvalue weighted by molar-refractivity contribution is -0.114. The number of hydrogen-bond acceptors (Lipinski definition) is 5. The molecule has 1 fully saturated rings. The summed E-state index contributed by atoms with van der Waals surface area (Å²) in [4.78, 5) is 17.2. The van der Waals surface area contributed by atoms with E-state index in [0.717, 1.165) is 43.9 Å². The summed E-state index contributed by atoms with van der Waals surface area (Å²) < 4.78 is 1.94. The zero-order valence-electron chi connectivity index (χ0n) is 21.1. The van der Waals surface area contributed by atoms with E-state index in [4.69, 9.17) is 0 Å². The number of nitrogens with one attached hydrogen (secondary N) is 3. The van der Waals surface area contributed by atoms with Crippen molar-refractivity contribution in [3.8, 4) is 5.69 Å². The van der Waals surface area contributed by atoms with Gasteiger partial charge in [-0.1, -0.05) is 12.1 Å². The van der Waals surface area contributed by atoms with Crippen LogP contribution >= 0.6 is 0 Å². The number of carbonyl (C=O) groups is 1. The van der Waals surface area contributed by atoms with Gasteiger partial charge in [0.1, 0.15) is 12.7 Å². The topological polar surface area (TPSA) is 90.9 Å². The number of aromatic amines is 1. The largest absolute Gasteiger partial charge is 0.361 e. The molecule has 0 aliphatic carbocycles. The van der Waals surface area contributed by atoms with E-state index in [9.17, 15) is 4.79 Å². The van der Waals surface area contributed by atoms with Crippen LogP contribution < -0.4 is 10.6 Å². The van der Waals surface area contributed by atoms with Crippen molar-refractivity contribution in [1.82, 2.24) is 30.0 Å². The minimum Gasteiger partial charge on any atom is -0.361 e. The van der Waals surface area contributed by atoms with Gasteiger partial charge < -0.3 is 20.5 Å². The summed E-state index contributed by atoms with van der Waals surface area (Å²) in [6, 6.07) is 15.4. The van der Waals surface area contributed by atoms with Crippen molar-refractivity contribution in [1.29, 1.82) is 0 Å². The Morgan fingerprint density at radius 3 is 2.58 bits per heavy atom. The van der Waals surface area contributed by atoms with Gasteiger partial charge in [-0.3, -0.25) is 9.36 Å². The molecule has 4 aromatic rings. The summed E-state index contributed by atoms with van der Waals surface area (Å²) in [5.41, 5.74) is 5.72. The van der Waals surface area contributed by atoms with Crippen LogP contribution in [0.2, 0.25) is 0 Å². The quantitative estimate of drug-likeness (QED) is 0.326. The fraction of sp³-hybridized carbons (Fsp3) is 0.393. The van der Waals surface area contributed by atoms with Crippen LogP contribution in [0.5, 0.6) is 0 Å². The average molecular weight is 486 g/mol. The molecule has 2 aromatic heterocycles. The highest BCUT2D eigenvalue weighted by Gasteiger charge is 2.21. The molecule has 188 valence electrons. The predicted octanol–water partition coefficient (Wildman–Crippen LogP) is 4.45. The molecule has 0 unspecified atom stereocenters. The first-order chi connectivity index (χ1) is 17.5. The highest BCUT2D eigenvalue weighted by atomic mass is 16.1. The molecule has 3 heterocycles. The lowest BCUT2D eigenvalue weighted by atomic mass is 10.0. The Morgan fingerprint density at radius 2 is 1.86 bits per heavy atom. The van der Waals surface area contributed by atoms with Crippen molar-refractivity contribution in [3.05, 3.63) is 72.4 Å². The van der Waals surface area contributed by atoms with Crippen LogP contribution in [-0.2, 0) is 11.2 Å². The van der Waals surface area contributed by atoms with Gasteiger partial charge >= 0.3 is 0 Å². The van der Waals surface area contributed by atoms with Gasteiger partial charge in [-0.2, -0.15) is 0 Å². The van der Waals surface area contributed by atoms with Crippen LogP contribution in [0.3, 0.4) is 0 Å². The zero-order valence-corrected chi connectivity index (χ0v) is 21.1. The average Bonchev–Trinajstić information content (AvgIpc) is 3.55. The molecule has 8 nitrogen and oxygen atoms in total. The number of aromatic nitrogens is 4. The number of aryl methyl sites for hydroxylation is 1. The van der Waals surface area contributed by atoms with E-state index in [-0.39, 0.29) is 11.9 Å². The molecule has 5 rings (SSSR count). The SMILES string of the molecule is CC(=O)Nc1ccc([C@@H](C)NC2CCN(CCCc3c[nH]c4ccc(-n5cnnc5)cc34)CC2)cc1. The molecular formula is C28H35N7O. The smallest absolute Gasteiger partial charge is 0.221 e. The Kier molecular flexibility index (Phi) is 7.44. The normalized spacial score (nSPS) is 15.8. The molecule has 1 aliphatic rings. The van der Waals surface area contributed by atoms with Crippen LogP contribution in [0, 0.1) is 0 Å². The molecule has 3 N–H and O–H groups in total. The first kappa shape index (κ1) is 24.2. The van der Waals surface area contributed by atoms with E-state index < -0.39 is 0 Å². The molecule has 2 aromatic carbocycles. The standard InChI is InChI=1S/C28H35N7O/c1-20(22-5-7-24(8-6-22)33-21(2)36)32-25-11-14-34(15-12-25)13-3-4-23-17-29-28-10-9-26(16-27(23)28)35-18-30-31-19-35/h5-10,16-20,25,29,32H,3-4,11-15H2,1-2H3,(H,33,36)/t20-/m1/s1. The zero-order chi connectivity index (χ0) is 24.9. The Hall–Kier alpha value is -3.49. The highest BCUT2D eigenvalue weighted by Crippen LogP contribution is 2.24. The van der Waals surface area contributed by atoms with Crippen molar-refractivity contribution in [3.63, 3.8) is 0 Å². The second-order valence-corrected chi connectivity index (χ2v) is 9.82. The minimum atomic E-state index is -0.0420.